The van der Waals surface area contributed by atoms with E-state index in [1.165, 1.54) is 10.6 Å². The van der Waals surface area contributed by atoms with Gasteiger partial charge in [0.2, 0.25) is 16.0 Å². The summed E-state index contributed by atoms with van der Waals surface area (Å²) >= 11 is 0. The molecule has 0 radical (unpaired) electrons. The summed E-state index contributed by atoms with van der Waals surface area (Å²) in [5.41, 5.74) is 0.889. The van der Waals surface area contributed by atoms with E-state index in [-0.39, 0.29) is 0 Å². The Hall–Kier alpha value is -1.41. The summed E-state index contributed by atoms with van der Waals surface area (Å²) < 4.78 is 24.4. The van der Waals surface area contributed by atoms with Gasteiger partial charge in [0.25, 0.3) is 0 Å². The van der Waals surface area contributed by atoms with E-state index in [2.05, 4.69) is 20.2 Å². The molecule has 0 bridgehead atoms. The van der Waals surface area contributed by atoms with Gasteiger partial charge in [0.1, 0.15) is 5.82 Å². The minimum atomic E-state index is -3.09. The van der Waals surface area contributed by atoms with Crippen LogP contribution in [0.4, 0.5) is 11.8 Å². The third kappa shape index (κ3) is 3.32. The van der Waals surface area contributed by atoms with Crippen LogP contribution in [0.2, 0.25) is 0 Å². The maximum absolute atomic E-state index is 11.5. The number of rotatable bonds is 3. The van der Waals surface area contributed by atoms with Crippen LogP contribution in [0.15, 0.2) is 6.07 Å². The summed E-state index contributed by atoms with van der Waals surface area (Å²) in [5, 5.41) is 2.93. The zero-order valence-corrected chi connectivity index (χ0v) is 12.2. The van der Waals surface area contributed by atoms with Gasteiger partial charge in [0, 0.05) is 45.0 Å². The minimum absolute atomic E-state index is 0.497. The Balaban J connectivity index is 2.11. The van der Waals surface area contributed by atoms with E-state index in [0.29, 0.717) is 32.1 Å². The fraction of sp³-hybridized carbons (Fsp3) is 0.636. The van der Waals surface area contributed by atoms with Gasteiger partial charge in [-0.05, 0) is 6.92 Å². The second-order valence-electron chi connectivity index (χ2n) is 4.59. The van der Waals surface area contributed by atoms with Crippen molar-refractivity contribution in [2.24, 2.45) is 0 Å². The van der Waals surface area contributed by atoms with Crippen molar-refractivity contribution in [2.75, 3.05) is 49.7 Å². The number of anilines is 2. The van der Waals surface area contributed by atoms with Crippen LogP contribution >= 0.6 is 0 Å². The number of aryl methyl sites for hydroxylation is 1. The van der Waals surface area contributed by atoms with Gasteiger partial charge in [0.15, 0.2) is 0 Å². The normalized spacial score (nSPS) is 17.5. The van der Waals surface area contributed by atoms with Crippen molar-refractivity contribution in [1.29, 1.82) is 0 Å². The predicted octanol–water partition coefficient (Wildman–Crippen LogP) is -0.0917. The summed E-state index contributed by atoms with van der Waals surface area (Å²) in [6.45, 7) is 4.20. The number of hydrogen-bond donors (Lipinski definition) is 1. The Labute approximate surface area is 113 Å². The highest BCUT2D eigenvalue weighted by Gasteiger charge is 2.24. The van der Waals surface area contributed by atoms with Crippen molar-refractivity contribution < 1.29 is 8.42 Å². The average molecular weight is 285 g/mol. The molecule has 0 aliphatic carbocycles. The SMILES string of the molecule is CNc1nc(C)cc(N2CCN(S(C)(=O)=O)CC2)n1. The molecule has 0 saturated carbocycles. The molecule has 1 aromatic rings. The van der Waals surface area contributed by atoms with Crippen molar-refractivity contribution in [2.45, 2.75) is 6.92 Å². The van der Waals surface area contributed by atoms with E-state index >= 15 is 0 Å². The van der Waals surface area contributed by atoms with Crippen LogP contribution in [0, 0.1) is 6.92 Å². The Morgan fingerprint density at radius 2 is 1.84 bits per heavy atom. The number of piperazine rings is 1. The van der Waals surface area contributed by atoms with Crippen molar-refractivity contribution in [1.82, 2.24) is 14.3 Å². The van der Waals surface area contributed by atoms with Gasteiger partial charge < -0.3 is 10.2 Å². The zero-order valence-electron chi connectivity index (χ0n) is 11.4. The molecular weight excluding hydrogens is 266 g/mol. The van der Waals surface area contributed by atoms with E-state index in [1.807, 2.05) is 13.0 Å². The van der Waals surface area contributed by atoms with Gasteiger partial charge in [-0.2, -0.15) is 9.29 Å². The molecule has 2 rings (SSSR count). The molecule has 1 aromatic heterocycles. The number of hydrogen-bond acceptors (Lipinski definition) is 6. The first-order valence-electron chi connectivity index (χ1n) is 6.13. The standard InChI is InChI=1S/C11H19N5O2S/c1-9-8-10(14-11(12-2)13-9)15-4-6-16(7-5-15)19(3,17)18/h8H,4-7H2,1-3H3,(H,12,13,14). The smallest absolute Gasteiger partial charge is 0.224 e. The molecule has 7 nitrogen and oxygen atoms in total. The predicted molar refractivity (Wildman–Crippen MR) is 74.9 cm³/mol. The fourth-order valence-corrected chi connectivity index (χ4v) is 2.90. The average Bonchev–Trinajstić information content (AvgIpc) is 2.37. The molecule has 0 atom stereocenters. The summed E-state index contributed by atoms with van der Waals surface area (Å²) in [6.07, 6.45) is 1.25. The fourth-order valence-electron chi connectivity index (χ4n) is 2.07. The van der Waals surface area contributed by atoms with Crippen LogP contribution in [0.1, 0.15) is 5.69 Å². The van der Waals surface area contributed by atoms with Crippen molar-refractivity contribution >= 4 is 21.8 Å². The lowest BCUT2D eigenvalue weighted by atomic mass is 10.3. The molecule has 1 aliphatic heterocycles. The summed E-state index contributed by atoms with van der Waals surface area (Å²) in [7, 11) is -1.31. The summed E-state index contributed by atoms with van der Waals surface area (Å²) in [5.74, 6) is 1.42. The van der Waals surface area contributed by atoms with E-state index in [9.17, 15) is 8.42 Å². The number of aromatic nitrogens is 2. The molecular formula is C11H19N5O2S. The molecule has 0 spiro atoms. The van der Waals surface area contributed by atoms with Gasteiger partial charge in [0.05, 0.1) is 6.26 Å². The molecule has 0 unspecified atom stereocenters. The van der Waals surface area contributed by atoms with Gasteiger partial charge in [-0.25, -0.2) is 13.4 Å². The lowest BCUT2D eigenvalue weighted by molar-refractivity contribution is 0.387. The molecule has 0 aromatic carbocycles. The molecule has 1 N–H and O–H groups in total. The van der Waals surface area contributed by atoms with Crippen LogP contribution in [-0.2, 0) is 10.0 Å². The molecule has 1 fully saturated rings. The molecule has 19 heavy (non-hydrogen) atoms. The maximum Gasteiger partial charge on any atom is 0.224 e. The van der Waals surface area contributed by atoms with Crippen LogP contribution in [-0.4, -0.2) is 62.2 Å². The monoisotopic (exact) mass is 285 g/mol. The third-order valence-electron chi connectivity index (χ3n) is 3.10. The number of nitrogens with one attached hydrogen (secondary N) is 1. The molecule has 2 heterocycles. The molecule has 1 aliphatic rings. The second kappa shape index (κ2) is 5.30. The first kappa shape index (κ1) is 14.0. The lowest BCUT2D eigenvalue weighted by Crippen LogP contribution is -2.48. The summed E-state index contributed by atoms with van der Waals surface area (Å²) in [4.78, 5) is 10.7. The molecule has 8 heteroatoms. The minimum Gasteiger partial charge on any atom is -0.357 e. The zero-order chi connectivity index (χ0) is 14.0. The van der Waals surface area contributed by atoms with Crippen molar-refractivity contribution in [3.63, 3.8) is 0 Å². The first-order valence-corrected chi connectivity index (χ1v) is 7.98. The maximum atomic E-state index is 11.5. The lowest BCUT2D eigenvalue weighted by Gasteiger charge is -2.34. The number of sulfonamides is 1. The van der Waals surface area contributed by atoms with Gasteiger partial charge in [-0.1, -0.05) is 0 Å². The highest BCUT2D eigenvalue weighted by molar-refractivity contribution is 7.88. The molecule has 1 saturated heterocycles. The second-order valence-corrected chi connectivity index (χ2v) is 6.57. The topological polar surface area (TPSA) is 78.4 Å². The van der Waals surface area contributed by atoms with Gasteiger partial charge >= 0.3 is 0 Å². The molecule has 106 valence electrons. The molecule has 0 amide bonds. The van der Waals surface area contributed by atoms with Crippen molar-refractivity contribution in [3.05, 3.63) is 11.8 Å². The Morgan fingerprint density at radius 3 is 2.37 bits per heavy atom. The third-order valence-corrected chi connectivity index (χ3v) is 4.40. The van der Waals surface area contributed by atoms with Crippen LogP contribution < -0.4 is 10.2 Å². The largest absolute Gasteiger partial charge is 0.357 e. The van der Waals surface area contributed by atoms with Gasteiger partial charge in [-0.3, -0.25) is 0 Å². The van der Waals surface area contributed by atoms with Crippen LogP contribution in [0.5, 0.6) is 0 Å². The highest BCUT2D eigenvalue weighted by atomic mass is 32.2. The Morgan fingerprint density at radius 1 is 1.21 bits per heavy atom. The van der Waals surface area contributed by atoms with Gasteiger partial charge in [-0.15, -0.1) is 0 Å². The Bertz CT molecular complexity index is 552. The summed E-state index contributed by atoms with van der Waals surface area (Å²) in [6, 6.07) is 1.91. The van der Waals surface area contributed by atoms with E-state index in [1.54, 1.807) is 7.05 Å². The van der Waals surface area contributed by atoms with E-state index < -0.39 is 10.0 Å². The number of nitrogens with zero attached hydrogens (tertiary/aromatic N) is 4. The first-order chi connectivity index (χ1) is 8.90. The van der Waals surface area contributed by atoms with Crippen molar-refractivity contribution in [3.8, 4) is 0 Å². The van der Waals surface area contributed by atoms with E-state index in [0.717, 1.165) is 11.5 Å². The Kier molecular flexibility index (Phi) is 3.91. The van der Waals surface area contributed by atoms with E-state index in [4.69, 9.17) is 0 Å². The highest BCUT2D eigenvalue weighted by Crippen LogP contribution is 2.17. The van der Waals surface area contributed by atoms with Crippen LogP contribution in [0.3, 0.4) is 0 Å². The quantitative estimate of drug-likeness (QED) is 0.836. The van der Waals surface area contributed by atoms with Crippen LogP contribution in [0.25, 0.3) is 0 Å².